The summed E-state index contributed by atoms with van der Waals surface area (Å²) in [4.78, 5) is 19.9. The van der Waals surface area contributed by atoms with Gasteiger partial charge in [0.1, 0.15) is 10.7 Å². The third-order valence-electron chi connectivity index (χ3n) is 7.14. The van der Waals surface area contributed by atoms with Crippen molar-refractivity contribution in [2.24, 2.45) is 0 Å². The van der Waals surface area contributed by atoms with Crippen LogP contribution in [0.25, 0.3) is 0 Å². The fourth-order valence-electron chi connectivity index (χ4n) is 5.00. The first kappa shape index (κ1) is 28.7. The van der Waals surface area contributed by atoms with Crippen molar-refractivity contribution in [2.75, 3.05) is 13.1 Å². The van der Waals surface area contributed by atoms with E-state index in [0.717, 1.165) is 36.0 Å². The van der Waals surface area contributed by atoms with Crippen LogP contribution in [0.2, 0.25) is 5.02 Å². The van der Waals surface area contributed by atoms with Crippen molar-refractivity contribution in [1.82, 2.24) is 15.2 Å². The van der Waals surface area contributed by atoms with Crippen LogP contribution in [-0.4, -0.2) is 28.9 Å². The summed E-state index contributed by atoms with van der Waals surface area (Å²) in [7, 11) is 0. The average Bonchev–Trinajstić information content (AvgIpc) is 3.48. The lowest BCUT2D eigenvalue weighted by Crippen LogP contribution is -2.27. The maximum atomic E-state index is 12.8. The summed E-state index contributed by atoms with van der Waals surface area (Å²) < 4.78 is 0. The molecular weight excluding hydrogens is 546 g/mol. The molecule has 0 aliphatic carbocycles. The van der Waals surface area contributed by atoms with E-state index in [1.807, 2.05) is 35.7 Å². The van der Waals surface area contributed by atoms with Crippen LogP contribution >= 0.6 is 22.9 Å². The van der Waals surface area contributed by atoms with Crippen LogP contribution in [0.5, 0.6) is 0 Å². The van der Waals surface area contributed by atoms with E-state index in [1.54, 1.807) is 11.3 Å². The fourth-order valence-corrected chi connectivity index (χ4v) is 5.95. The molecule has 1 N–H and O–H groups in total. The first-order valence-electron chi connectivity index (χ1n) is 14.0. The largest absolute Gasteiger partial charge is 0.350 e. The number of thiazole rings is 1. The van der Waals surface area contributed by atoms with E-state index in [9.17, 15) is 4.79 Å². The summed E-state index contributed by atoms with van der Waals surface area (Å²) >= 11 is 7.70. The van der Waals surface area contributed by atoms with Gasteiger partial charge in [-0.2, -0.15) is 0 Å². The van der Waals surface area contributed by atoms with Crippen LogP contribution in [0.4, 0.5) is 0 Å². The zero-order chi connectivity index (χ0) is 28.3. The number of nitrogens with zero attached hydrogens (tertiary/aromatic N) is 2. The van der Waals surface area contributed by atoms with E-state index in [-0.39, 0.29) is 11.8 Å². The molecule has 0 bridgehead atoms. The summed E-state index contributed by atoms with van der Waals surface area (Å²) in [5.74, 6) is 0.160. The molecule has 4 nitrogen and oxygen atoms in total. The van der Waals surface area contributed by atoms with E-state index in [1.165, 1.54) is 22.3 Å². The van der Waals surface area contributed by atoms with E-state index < -0.39 is 0 Å². The summed E-state index contributed by atoms with van der Waals surface area (Å²) in [5.41, 5.74) is 5.51. The SMILES string of the molecule is O=C(NCCc1ccccc1)c1csc(CN(CCC(c2ccccc2)c2ccccc2)Cc2ccc(Cl)cc2)n1. The number of carbonyl (C=O) groups excluding carboxylic acids is 1. The first-order chi connectivity index (χ1) is 20.1. The van der Waals surface area contributed by atoms with Crippen LogP contribution in [0.3, 0.4) is 0 Å². The van der Waals surface area contributed by atoms with Crippen LogP contribution in [0.15, 0.2) is 121 Å². The number of benzene rings is 4. The van der Waals surface area contributed by atoms with E-state index in [0.29, 0.717) is 18.8 Å². The molecule has 0 aliphatic heterocycles. The normalized spacial score (nSPS) is 11.2. The van der Waals surface area contributed by atoms with Crippen LogP contribution < -0.4 is 5.32 Å². The standard InChI is InChI=1S/C35H34ClN3OS/c36-31-18-16-28(17-19-31)24-39(23-21-32(29-12-6-2-7-13-29)30-14-8-3-9-15-30)25-34-38-33(26-41-34)35(40)37-22-20-27-10-4-1-5-11-27/h1-19,26,32H,20-25H2,(H,37,40). The molecule has 0 saturated carbocycles. The summed E-state index contributed by atoms with van der Waals surface area (Å²) in [5, 5.41) is 6.55. The lowest BCUT2D eigenvalue weighted by molar-refractivity contribution is 0.0949. The van der Waals surface area contributed by atoms with E-state index in [2.05, 4.69) is 95.1 Å². The quantitative estimate of drug-likeness (QED) is 0.154. The Morgan fingerprint density at radius 2 is 1.39 bits per heavy atom. The van der Waals surface area contributed by atoms with E-state index >= 15 is 0 Å². The van der Waals surface area contributed by atoms with Gasteiger partial charge in [0.25, 0.3) is 5.91 Å². The molecule has 41 heavy (non-hydrogen) atoms. The van der Waals surface area contributed by atoms with Gasteiger partial charge in [-0.15, -0.1) is 11.3 Å². The highest BCUT2D eigenvalue weighted by atomic mass is 35.5. The van der Waals surface area contributed by atoms with Crippen molar-refractivity contribution in [3.05, 3.63) is 159 Å². The number of hydrogen-bond donors (Lipinski definition) is 1. The van der Waals surface area contributed by atoms with Crippen molar-refractivity contribution in [1.29, 1.82) is 0 Å². The highest BCUT2D eigenvalue weighted by Crippen LogP contribution is 2.29. The van der Waals surface area contributed by atoms with Gasteiger partial charge in [-0.25, -0.2) is 4.98 Å². The summed E-state index contributed by atoms with van der Waals surface area (Å²) in [6.07, 6.45) is 1.75. The lowest BCUT2D eigenvalue weighted by Gasteiger charge is -2.25. The maximum Gasteiger partial charge on any atom is 0.270 e. The first-order valence-corrected chi connectivity index (χ1v) is 15.2. The highest BCUT2D eigenvalue weighted by Gasteiger charge is 2.18. The van der Waals surface area contributed by atoms with Gasteiger partial charge in [0, 0.05) is 29.4 Å². The second-order valence-corrected chi connectivity index (χ2v) is 11.5. The molecule has 0 aliphatic rings. The van der Waals surface area contributed by atoms with Crippen LogP contribution in [0, 0.1) is 0 Å². The van der Waals surface area contributed by atoms with Gasteiger partial charge in [0.15, 0.2) is 0 Å². The van der Waals surface area contributed by atoms with Gasteiger partial charge in [0.2, 0.25) is 0 Å². The zero-order valence-electron chi connectivity index (χ0n) is 23.0. The summed E-state index contributed by atoms with van der Waals surface area (Å²) in [6.45, 7) is 2.89. The minimum absolute atomic E-state index is 0.124. The van der Waals surface area contributed by atoms with Gasteiger partial charge in [-0.1, -0.05) is 115 Å². The highest BCUT2D eigenvalue weighted by molar-refractivity contribution is 7.09. The van der Waals surface area contributed by atoms with Crippen molar-refractivity contribution < 1.29 is 4.79 Å². The zero-order valence-corrected chi connectivity index (χ0v) is 24.5. The molecule has 0 saturated heterocycles. The smallest absolute Gasteiger partial charge is 0.270 e. The Morgan fingerprint density at radius 3 is 2.02 bits per heavy atom. The Kier molecular flexibility index (Phi) is 10.3. The van der Waals surface area contributed by atoms with E-state index in [4.69, 9.17) is 16.6 Å². The Hall–Kier alpha value is -3.77. The Labute approximate surface area is 251 Å². The minimum Gasteiger partial charge on any atom is -0.350 e. The number of amides is 1. The molecule has 0 radical (unpaired) electrons. The lowest BCUT2D eigenvalue weighted by atomic mass is 9.88. The van der Waals surface area contributed by atoms with Crippen molar-refractivity contribution in [2.45, 2.75) is 31.8 Å². The predicted octanol–water partition coefficient (Wildman–Crippen LogP) is 7.99. The minimum atomic E-state index is -0.124. The fraction of sp³-hybridized carbons (Fsp3) is 0.200. The Morgan fingerprint density at radius 1 is 0.780 bits per heavy atom. The van der Waals surface area contributed by atoms with Crippen LogP contribution in [-0.2, 0) is 19.5 Å². The molecule has 6 heteroatoms. The molecule has 0 fully saturated rings. The number of carbonyl (C=O) groups is 1. The molecule has 0 atom stereocenters. The number of hydrogen-bond acceptors (Lipinski definition) is 4. The summed E-state index contributed by atoms with van der Waals surface area (Å²) in [6, 6.07) is 39.6. The predicted molar refractivity (Wildman–Crippen MR) is 170 cm³/mol. The molecule has 5 rings (SSSR count). The molecule has 4 aromatic carbocycles. The van der Waals surface area contributed by atoms with Crippen LogP contribution in [0.1, 0.15) is 50.1 Å². The van der Waals surface area contributed by atoms with Gasteiger partial charge >= 0.3 is 0 Å². The number of nitrogens with one attached hydrogen (secondary N) is 1. The molecule has 1 heterocycles. The molecule has 1 aromatic heterocycles. The van der Waals surface area contributed by atoms with Crippen molar-refractivity contribution in [3.63, 3.8) is 0 Å². The van der Waals surface area contributed by atoms with Gasteiger partial charge < -0.3 is 5.32 Å². The average molecular weight is 580 g/mol. The topological polar surface area (TPSA) is 45.2 Å². The van der Waals surface area contributed by atoms with Gasteiger partial charge in [-0.05, 0) is 53.8 Å². The van der Waals surface area contributed by atoms with Gasteiger partial charge in [-0.3, -0.25) is 9.69 Å². The molecule has 0 spiro atoms. The number of aromatic nitrogens is 1. The molecule has 1 amide bonds. The second-order valence-electron chi connectivity index (χ2n) is 10.1. The number of rotatable bonds is 13. The van der Waals surface area contributed by atoms with Gasteiger partial charge in [0.05, 0.1) is 6.54 Å². The molecule has 0 unspecified atom stereocenters. The van der Waals surface area contributed by atoms with Crippen molar-refractivity contribution in [3.8, 4) is 0 Å². The third kappa shape index (κ3) is 8.61. The molecular formula is C35H34ClN3OS. The third-order valence-corrected chi connectivity index (χ3v) is 8.23. The molecule has 208 valence electrons. The van der Waals surface area contributed by atoms with Crippen molar-refractivity contribution >= 4 is 28.8 Å². The Bertz CT molecular complexity index is 1450. The second kappa shape index (κ2) is 14.7. The monoisotopic (exact) mass is 579 g/mol. The maximum absolute atomic E-state index is 12.8. The Balaban J connectivity index is 1.27. The number of halogens is 1. The molecule has 5 aromatic rings.